The topological polar surface area (TPSA) is 35.2 Å². The van der Waals surface area contributed by atoms with Crippen molar-refractivity contribution in [2.24, 2.45) is 11.7 Å². The van der Waals surface area contributed by atoms with Gasteiger partial charge in [0.2, 0.25) is 0 Å². The molecule has 0 aromatic carbocycles. The molecule has 2 N–H and O–H groups in total. The van der Waals surface area contributed by atoms with Crippen LogP contribution < -0.4 is 5.73 Å². The molecule has 0 aromatic rings. The fourth-order valence-corrected chi connectivity index (χ4v) is 1.47. The normalized spacial score (nSPS) is 22.8. The molecule has 12 heavy (non-hydrogen) atoms. The van der Waals surface area contributed by atoms with Gasteiger partial charge in [-0.25, -0.2) is 0 Å². The molecule has 0 bridgehead atoms. The van der Waals surface area contributed by atoms with Gasteiger partial charge >= 0.3 is 0 Å². The van der Waals surface area contributed by atoms with Gasteiger partial charge in [-0.1, -0.05) is 6.92 Å². The molecule has 0 aliphatic heterocycles. The highest BCUT2D eigenvalue weighted by Crippen LogP contribution is 2.38. The summed E-state index contributed by atoms with van der Waals surface area (Å²) in [5.74, 6) is 0.611. The second kappa shape index (κ2) is 3.75. The molecule has 1 saturated carbocycles. The highest BCUT2D eigenvalue weighted by Gasteiger charge is 2.38. The Balaban J connectivity index is 2.07. The zero-order valence-electron chi connectivity index (χ0n) is 8.47. The van der Waals surface area contributed by atoms with Crippen molar-refractivity contribution < 1.29 is 4.74 Å². The summed E-state index contributed by atoms with van der Waals surface area (Å²) in [6.45, 7) is 7.22. The predicted octanol–water partition coefficient (Wildman–Crippen LogP) is 1.93. The highest BCUT2D eigenvalue weighted by atomic mass is 16.5. The second-order valence-electron chi connectivity index (χ2n) is 4.55. The van der Waals surface area contributed by atoms with E-state index in [0.717, 1.165) is 13.0 Å². The summed E-state index contributed by atoms with van der Waals surface area (Å²) < 4.78 is 5.52. The maximum Gasteiger partial charge on any atom is 0.0519 e. The molecule has 2 heteroatoms. The van der Waals surface area contributed by atoms with E-state index in [2.05, 4.69) is 20.8 Å². The first-order valence-corrected chi connectivity index (χ1v) is 4.92. The molecular formula is C10H21NO. The van der Waals surface area contributed by atoms with E-state index in [-0.39, 0.29) is 5.54 Å². The molecular weight excluding hydrogens is 150 g/mol. The zero-order valence-corrected chi connectivity index (χ0v) is 8.47. The fourth-order valence-electron chi connectivity index (χ4n) is 1.47. The first-order valence-electron chi connectivity index (χ1n) is 4.92. The van der Waals surface area contributed by atoms with Crippen LogP contribution in [0.2, 0.25) is 0 Å². The van der Waals surface area contributed by atoms with Crippen LogP contribution >= 0.6 is 0 Å². The second-order valence-corrected chi connectivity index (χ2v) is 4.55. The minimum absolute atomic E-state index is 0.180. The summed E-state index contributed by atoms with van der Waals surface area (Å²) in [5.41, 5.74) is 6.18. The van der Waals surface area contributed by atoms with Crippen LogP contribution in [0.5, 0.6) is 0 Å². The summed E-state index contributed by atoms with van der Waals surface area (Å²) >= 11 is 0. The minimum Gasteiger partial charge on any atom is -0.379 e. The number of rotatable bonds is 5. The van der Waals surface area contributed by atoms with E-state index in [0.29, 0.717) is 12.0 Å². The van der Waals surface area contributed by atoms with Crippen LogP contribution in [-0.4, -0.2) is 18.2 Å². The third-order valence-electron chi connectivity index (χ3n) is 2.36. The molecule has 0 amide bonds. The number of ether oxygens (including phenoxy) is 1. The molecule has 1 unspecified atom stereocenters. The van der Waals surface area contributed by atoms with Gasteiger partial charge in [0, 0.05) is 12.1 Å². The molecule has 0 spiro atoms. The van der Waals surface area contributed by atoms with Crippen molar-refractivity contribution >= 4 is 0 Å². The monoisotopic (exact) mass is 171 g/mol. The first-order chi connectivity index (χ1) is 5.52. The molecule has 1 aliphatic rings. The van der Waals surface area contributed by atoms with Gasteiger partial charge in [-0.15, -0.1) is 0 Å². The van der Waals surface area contributed by atoms with E-state index in [9.17, 15) is 0 Å². The van der Waals surface area contributed by atoms with E-state index >= 15 is 0 Å². The van der Waals surface area contributed by atoms with Crippen LogP contribution in [0, 0.1) is 5.92 Å². The molecule has 0 radical (unpaired) electrons. The molecule has 2 nitrogen and oxygen atoms in total. The molecule has 0 aromatic heterocycles. The van der Waals surface area contributed by atoms with E-state index in [4.69, 9.17) is 10.5 Å². The minimum atomic E-state index is 0.180. The Hall–Kier alpha value is -0.0800. The van der Waals surface area contributed by atoms with E-state index < -0.39 is 0 Å². The van der Waals surface area contributed by atoms with E-state index in [1.54, 1.807) is 0 Å². The Labute approximate surface area is 75.5 Å². The lowest BCUT2D eigenvalue weighted by atomic mass is 10.0. The van der Waals surface area contributed by atoms with Gasteiger partial charge < -0.3 is 10.5 Å². The third-order valence-corrected chi connectivity index (χ3v) is 2.36. The molecule has 1 fully saturated rings. The Morgan fingerprint density at radius 3 is 2.33 bits per heavy atom. The Kier molecular flexibility index (Phi) is 3.13. The fraction of sp³-hybridized carbons (Fsp3) is 1.00. The summed E-state index contributed by atoms with van der Waals surface area (Å²) in [6, 6.07) is 0. The smallest absolute Gasteiger partial charge is 0.0519 e. The Morgan fingerprint density at radius 1 is 1.33 bits per heavy atom. The van der Waals surface area contributed by atoms with Gasteiger partial charge in [0.25, 0.3) is 0 Å². The SMILES string of the molecule is CC(COC(C)C)CC1(N)CC1. The van der Waals surface area contributed by atoms with E-state index in [1.165, 1.54) is 12.8 Å². The largest absolute Gasteiger partial charge is 0.379 e. The van der Waals surface area contributed by atoms with Crippen LogP contribution in [0.25, 0.3) is 0 Å². The Morgan fingerprint density at radius 2 is 1.92 bits per heavy atom. The first kappa shape index (κ1) is 10.0. The average molecular weight is 171 g/mol. The molecule has 72 valence electrons. The summed E-state index contributed by atoms with van der Waals surface area (Å²) in [6.07, 6.45) is 3.89. The third kappa shape index (κ3) is 3.55. The van der Waals surface area contributed by atoms with Crippen molar-refractivity contribution in [1.82, 2.24) is 0 Å². The van der Waals surface area contributed by atoms with Crippen LogP contribution in [0.15, 0.2) is 0 Å². The van der Waals surface area contributed by atoms with Gasteiger partial charge in [0.05, 0.1) is 6.10 Å². The lowest BCUT2D eigenvalue weighted by Crippen LogP contribution is -2.26. The van der Waals surface area contributed by atoms with Gasteiger partial charge in [-0.2, -0.15) is 0 Å². The quantitative estimate of drug-likeness (QED) is 0.686. The molecule has 1 rings (SSSR count). The molecule has 1 aliphatic carbocycles. The maximum atomic E-state index is 6.00. The summed E-state index contributed by atoms with van der Waals surface area (Å²) in [5, 5.41) is 0. The van der Waals surface area contributed by atoms with Crippen LogP contribution in [-0.2, 0) is 4.74 Å². The van der Waals surface area contributed by atoms with Crippen LogP contribution in [0.1, 0.15) is 40.0 Å². The van der Waals surface area contributed by atoms with Crippen molar-refractivity contribution in [3.8, 4) is 0 Å². The molecule has 0 heterocycles. The maximum absolute atomic E-state index is 6.00. The van der Waals surface area contributed by atoms with Crippen molar-refractivity contribution in [3.05, 3.63) is 0 Å². The lowest BCUT2D eigenvalue weighted by molar-refractivity contribution is 0.0511. The van der Waals surface area contributed by atoms with Crippen molar-refractivity contribution in [1.29, 1.82) is 0 Å². The van der Waals surface area contributed by atoms with Gasteiger partial charge in [-0.3, -0.25) is 0 Å². The van der Waals surface area contributed by atoms with Crippen LogP contribution in [0.4, 0.5) is 0 Å². The zero-order chi connectivity index (χ0) is 9.19. The number of hydrogen-bond donors (Lipinski definition) is 1. The van der Waals surface area contributed by atoms with Gasteiger partial charge in [0.15, 0.2) is 0 Å². The van der Waals surface area contributed by atoms with Crippen molar-refractivity contribution in [2.45, 2.75) is 51.7 Å². The average Bonchev–Trinajstić information content (AvgIpc) is 2.64. The number of hydrogen-bond acceptors (Lipinski definition) is 2. The lowest BCUT2D eigenvalue weighted by Gasteiger charge is -2.17. The highest BCUT2D eigenvalue weighted by molar-refractivity contribution is 4.99. The van der Waals surface area contributed by atoms with E-state index in [1.807, 2.05) is 0 Å². The molecule has 1 atom stereocenters. The summed E-state index contributed by atoms with van der Waals surface area (Å²) in [7, 11) is 0. The standard InChI is InChI=1S/C10H21NO/c1-8(2)12-7-9(3)6-10(11)4-5-10/h8-9H,4-7,11H2,1-3H3. The van der Waals surface area contributed by atoms with Crippen molar-refractivity contribution in [3.63, 3.8) is 0 Å². The number of nitrogens with two attached hydrogens (primary N) is 1. The summed E-state index contributed by atoms with van der Waals surface area (Å²) in [4.78, 5) is 0. The van der Waals surface area contributed by atoms with Crippen molar-refractivity contribution in [2.75, 3.05) is 6.61 Å². The van der Waals surface area contributed by atoms with Gasteiger partial charge in [0.1, 0.15) is 0 Å². The van der Waals surface area contributed by atoms with Gasteiger partial charge in [-0.05, 0) is 39.0 Å². The molecule has 0 saturated heterocycles. The Bertz CT molecular complexity index is 141. The van der Waals surface area contributed by atoms with Crippen LogP contribution in [0.3, 0.4) is 0 Å². The predicted molar refractivity (Wildman–Crippen MR) is 51.0 cm³/mol.